The van der Waals surface area contributed by atoms with Crippen molar-refractivity contribution in [2.24, 2.45) is 0 Å². The zero-order chi connectivity index (χ0) is 21.5. The quantitative estimate of drug-likeness (QED) is 0.680. The van der Waals surface area contributed by atoms with E-state index in [0.717, 1.165) is 41.8 Å². The van der Waals surface area contributed by atoms with E-state index in [2.05, 4.69) is 48.0 Å². The Morgan fingerprint density at radius 3 is 2.77 bits per heavy atom. The van der Waals surface area contributed by atoms with Crippen LogP contribution < -0.4 is 0 Å². The van der Waals surface area contributed by atoms with Crippen LogP contribution in [-0.4, -0.2) is 56.0 Å². The monoisotopic (exact) mass is 418 g/mol. The molecule has 0 spiro atoms. The lowest BCUT2D eigenvalue weighted by atomic mass is 10.1. The molecule has 1 aromatic heterocycles. The third-order valence-electron chi connectivity index (χ3n) is 6.86. The number of benzene rings is 2. The number of β-amino-alcohol motifs (C(OH)–C–C–N with tert-alkyl or cyclic N) is 1. The van der Waals surface area contributed by atoms with Crippen LogP contribution in [0.2, 0.25) is 0 Å². The summed E-state index contributed by atoms with van der Waals surface area (Å²) >= 11 is 0. The summed E-state index contributed by atoms with van der Waals surface area (Å²) in [5.74, 6) is 0.988. The van der Waals surface area contributed by atoms with Crippen LogP contribution in [0.3, 0.4) is 0 Å². The summed E-state index contributed by atoms with van der Waals surface area (Å²) in [5.41, 5.74) is 5.61. The van der Waals surface area contributed by atoms with Gasteiger partial charge in [-0.1, -0.05) is 30.3 Å². The van der Waals surface area contributed by atoms with Gasteiger partial charge in [-0.05, 0) is 61.9 Å². The maximum Gasteiger partial charge on any atom is 0.240 e. The van der Waals surface area contributed by atoms with Crippen LogP contribution in [0.25, 0.3) is 11.0 Å². The van der Waals surface area contributed by atoms with Gasteiger partial charge in [-0.2, -0.15) is 0 Å². The van der Waals surface area contributed by atoms with Crippen LogP contribution in [0.15, 0.2) is 42.5 Å². The third kappa shape index (κ3) is 3.86. The van der Waals surface area contributed by atoms with Crippen LogP contribution in [-0.2, 0) is 11.3 Å². The summed E-state index contributed by atoms with van der Waals surface area (Å²) in [7, 11) is 0. The molecule has 2 aliphatic rings. The van der Waals surface area contributed by atoms with E-state index in [-0.39, 0.29) is 18.0 Å². The molecule has 2 fully saturated rings. The van der Waals surface area contributed by atoms with Gasteiger partial charge >= 0.3 is 0 Å². The highest BCUT2D eigenvalue weighted by Gasteiger charge is 2.42. The number of carbonyl (C=O) groups excluding carboxylic acids is 1. The van der Waals surface area contributed by atoms with E-state index in [4.69, 9.17) is 4.98 Å². The van der Waals surface area contributed by atoms with Crippen LogP contribution >= 0.6 is 0 Å². The number of hydrogen-bond acceptors (Lipinski definition) is 4. The zero-order valence-electron chi connectivity index (χ0n) is 18.2. The maximum atomic E-state index is 13.6. The van der Waals surface area contributed by atoms with Crippen molar-refractivity contribution in [3.63, 3.8) is 0 Å². The fourth-order valence-electron chi connectivity index (χ4n) is 5.08. The largest absolute Gasteiger partial charge is 0.392 e. The van der Waals surface area contributed by atoms with Crippen LogP contribution in [0.1, 0.15) is 47.8 Å². The van der Waals surface area contributed by atoms with Gasteiger partial charge in [0, 0.05) is 19.6 Å². The van der Waals surface area contributed by atoms with E-state index >= 15 is 0 Å². The molecular formula is C25H30N4O2. The Balaban J connectivity index is 1.38. The number of imidazole rings is 1. The van der Waals surface area contributed by atoms with Crippen LogP contribution in [0.4, 0.5) is 0 Å². The number of H-pyrrole nitrogens is 1. The Kier molecular flexibility index (Phi) is 5.28. The summed E-state index contributed by atoms with van der Waals surface area (Å²) in [5, 5.41) is 10.3. The van der Waals surface area contributed by atoms with Gasteiger partial charge in [0.2, 0.25) is 5.91 Å². The standard InChI is InChI=1S/C25H30N4O2/c1-16-11-20-21(12-17(16)2)27-24(26-20)22-9-6-10-29(22)25(31)23-13-19(30)15-28(23)14-18-7-4-3-5-8-18/h3-5,7-8,11-12,19,22-23,30H,6,9-10,13-15H2,1-2H3,(H,26,27)/t19-,22+,23-/m1/s1. The highest BCUT2D eigenvalue weighted by molar-refractivity contribution is 5.83. The average molecular weight is 419 g/mol. The number of carbonyl (C=O) groups is 1. The molecule has 2 saturated heterocycles. The van der Waals surface area contributed by atoms with Crippen molar-refractivity contribution in [2.45, 2.75) is 57.8 Å². The first-order chi connectivity index (χ1) is 15.0. The second-order valence-electron chi connectivity index (χ2n) is 9.09. The molecule has 0 unspecified atom stereocenters. The van der Waals surface area contributed by atoms with Crippen LogP contribution in [0.5, 0.6) is 0 Å². The lowest BCUT2D eigenvalue weighted by molar-refractivity contribution is -0.137. The molecule has 6 nitrogen and oxygen atoms in total. The van der Waals surface area contributed by atoms with E-state index < -0.39 is 6.10 Å². The number of fused-ring (bicyclic) bond motifs is 1. The molecule has 5 rings (SSSR count). The number of hydrogen-bond donors (Lipinski definition) is 2. The Bertz CT molecular complexity index is 1050. The summed E-state index contributed by atoms with van der Waals surface area (Å²) in [6.45, 7) is 6.15. The van der Waals surface area contributed by atoms with Gasteiger partial charge in [-0.25, -0.2) is 4.98 Å². The van der Waals surface area contributed by atoms with Gasteiger partial charge < -0.3 is 15.0 Å². The summed E-state index contributed by atoms with van der Waals surface area (Å²) in [4.78, 5) is 26.1. The van der Waals surface area contributed by atoms with E-state index in [1.54, 1.807) is 0 Å². The van der Waals surface area contributed by atoms with Gasteiger partial charge in [0.05, 0.1) is 29.2 Å². The minimum absolute atomic E-state index is 0.0307. The molecule has 2 N–H and O–H groups in total. The molecular weight excluding hydrogens is 388 g/mol. The predicted octanol–water partition coefficient (Wildman–Crippen LogP) is 3.48. The minimum atomic E-state index is -0.462. The van der Waals surface area contributed by atoms with Gasteiger partial charge in [-0.3, -0.25) is 9.69 Å². The van der Waals surface area contributed by atoms with Gasteiger partial charge in [0.1, 0.15) is 5.82 Å². The number of aliphatic hydroxyl groups excluding tert-OH is 1. The van der Waals surface area contributed by atoms with E-state index in [1.807, 2.05) is 23.1 Å². The first-order valence-corrected chi connectivity index (χ1v) is 11.2. The number of likely N-dealkylation sites (tertiary alicyclic amines) is 2. The maximum absolute atomic E-state index is 13.6. The minimum Gasteiger partial charge on any atom is -0.392 e. The first kappa shape index (κ1) is 20.2. The Morgan fingerprint density at radius 2 is 1.97 bits per heavy atom. The van der Waals surface area contributed by atoms with E-state index in [0.29, 0.717) is 19.5 Å². The Hall–Kier alpha value is -2.70. The lowest BCUT2D eigenvalue weighted by Gasteiger charge is -2.30. The van der Waals surface area contributed by atoms with Crippen molar-refractivity contribution in [2.75, 3.05) is 13.1 Å². The molecule has 3 heterocycles. The van der Waals surface area contributed by atoms with Crippen molar-refractivity contribution in [1.29, 1.82) is 0 Å². The van der Waals surface area contributed by atoms with Crippen molar-refractivity contribution >= 4 is 16.9 Å². The summed E-state index contributed by atoms with van der Waals surface area (Å²) in [6.07, 6.45) is 1.92. The third-order valence-corrected chi connectivity index (χ3v) is 6.86. The molecule has 31 heavy (non-hydrogen) atoms. The number of aliphatic hydroxyl groups is 1. The SMILES string of the molecule is Cc1cc2nc([C@@H]3CCCN3C(=O)[C@H]3C[C@@H](O)CN3Cc3ccccc3)[nH]c2cc1C. The van der Waals surface area contributed by atoms with Crippen LogP contribution in [0, 0.1) is 13.8 Å². The molecule has 6 heteroatoms. The molecule has 0 bridgehead atoms. The van der Waals surface area contributed by atoms with Crippen molar-refractivity contribution in [3.05, 3.63) is 65.0 Å². The number of aromatic nitrogens is 2. The van der Waals surface area contributed by atoms with Gasteiger partial charge in [0.25, 0.3) is 0 Å². The Labute approximate surface area is 182 Å². The Morgan fingerprint density at radius 1 is 1.19 bits per heavy atom. The number of rotatable bonds is 4. The highest BCUT2D eigenvalue weighted by Crippen LogP contribution is 2.34. The summed E-state index contributed by atoms with van der Waals surface area (Å²) < 4.78 is 0. The second-order valence-corrected chi connectivity index (χ2v) is 9.09. The molecule has 0 radical (unpaired) electrons. The van der Waals surface area contributed by atoms with Crippen molar-refractivity contribution in [1.82, 2.24) is 19.8 Å². The predicted molar refractivity (Wildman–Crippen MR) is 121 cm³/mol. The van der Waals surface area contributed by atoms with Crippen molar-refractivity contribution in [3.8, 4) is 0 Å². The highest BCUT2D eigenvalue weighted by atomic mass is 16.3. The topological polar surface area (TPSA) is 72.5 Å². The molecule has 1 amide bonds. The number of aromatic amines is 1. The number of nitrogens with one attached hydrogen (secondary N) is 1. The molecule has 3 atom stereocenters. The zero-order valence-corrected chi connectivity index (χ0v) is 18.2. The number of amides is 1. The van der Waals surface area contributed by atoms with E-state index in [9.17, 15) is 9.90 Å². The van der Waals surface area contributed by atoms with Crippen molar-refractivity contribution < 1.29 is 9.90 Å². The molecule has 0 saturated carbocycles. The van der Waals surface area contributed by atoms with Gasteiger partial charge in [0.15, 0.2) is 0 Å². The average Bonchev–Trinajstić information content (AvgIpc) is 3.47. The fourth-order valence-corrected chi connectivity index (χ4v) is 5.08. The molecule has 0 aliphatic carbocycles. The molecule has 2 aliphatic heterocycles. The summed E-state index contributed by atoms with van der Waals surface area (Å²) in [6, 6.07) is 14.1. The molecule has 2 aromatic carbocycles. The van der Waals surface area contributed by atoms with Gasteiger partial charge in [-0.15, -0.1) is 0 Å². The normalized spacial score (nSPS) is 24.4. The fraction of sp³-hybridized carbons (Fsp3) is 0.440. The molecule has 3 aromatic rings. The number of aryl methyl sites for hydroxylation is 2. The second kappa shape index (κ2) is 8.09. The smallest absolute Gasteiger partial charge is 0.240 e. The first-order valence-electron chi connectivity index (χ1n) is 11.2. The van der Waals surface area contributed by atoms with E-state index in [1.165, 1.54) is 11.1 Å². The lowest BCUT2D eigenvalue weighted by Crippen LogP contribution is -2.45. The number of nitrogens with zero attached hydrogens (tertiary/aromatic N) is 3. The molecule has 162 valence electrons.